The van der Waals surface area contributed by atoms with E-state index >= 15 is 0 Å². The van der Waals surface area contributed by atoms with Gasteiger partial charge in [0.1, 0.15) is 0 Å². The molecule has 0 aromatic heterocycles. The van der Waals surface area contributed by atoms with Crippen molar-refractivity contribution < 1.29 is 79.7 Å². The van der Waals surface area contributed by atoms with Crippen LogP contribution >= 0.6 is 0 Å². The first kappa shape index (κ1) is 29.9. The van der Waals surface area contributed by atoms with Crippen LogP contribution in [0, 0.1) is 0 Å². The van der Waals surface area contributed by atoms with Gasteiger partial charge in [0, 0.05) is 32.6 Å². The van der Waals surface area contributed by atoms with Gasteiger partial charge in [0.15, 0.2) is 0 Å². The number of carbonyl (C=O) groups is 3. The fourth-order valence-electron chi connectivity index (χ4n) is 0. The SMILES string of the molecule is C=CC(=O)O.C=CC(=O)O.C=CC(=O)[O-].[Na+].[Pd]. The number of rotatable bonds is 3. The predicted molar refractivity (Wildman–Crippen MR) is 50.9 cm³/mol. The molecule has 0 aromatic rings. The Hall–Kier alpha value is -0.708. The minimum atomic E-state index is -1.23. The molecule has 0 saturated heterocycles. The van der Waals surface area contributed by atoms with E-state index in [1.807, 2.05) is 0 Å². The Morgan fingerprint density at radius 2 is 1.00 bits per heavy atom. The number of carbonyl (C=O) groups excluding carboxylic acids is 1. The summed E-state index contributed by atoms with van der Waals surface area (Å²) in [6.07, 6.45) is 2.39. The van der Waals surface area contributed by atoms with Gasteiger partial charge < -0.3 is 20.1 Å². The molecule has 0 aromatic carbocycles. The van der Waals surface area contributed by atoms with E-state index in [0.717, 1.165) is 18.2 Å². The first-order chi connectivity index (χ1) is 6.81. The van der Waals surface area contributed by atoms with Crippen molar-refractivity contribution in [2.24, 2.45) is 0 Å². The normalized spacial score (nSPS) is 5.65. The summed E-state index contributed by atoms with van der Waals surface area (Å²) in [5.41, 5.74) is 0. The van der Waals surface area contributed by atoms with Gasteiger partial charge in [-0.1, -0.05) is 19.7 Å². The summed E-state index contributed by atoms with van der Waals surface area (Å²) in [4.78, 5) is 27.6. The summed E-state index contributed by atoms with van der Waals surface area (Å²) in [5, 5.41) is 24.3. The molecule has 0 aliphatic heterocycles. The van der Waals surface area contributed by atoms with E-state index in [2.05, 4.69) is 19.7 Å². The maximum atomic E-state index is 9.25. The third-order valence-electron chi connectivity index (χ3n) is 0.516. The molecule has 0 radical (unpaired) electrons. The van der Waals surface area contributed by atoms with Crippen LogP contribution in [0.1, 0.15) is 0 Å². The van der Waals surface area contributed by atoms with Crippen molar-refractivity contribution in [2.45, 2.75) is 0 Å². The van der Waals surface area contributed by atoms with E-state index in [-0.39, 0.29) is 50.0 Å². The fourth-order valence-corrected chi connectivity index (χ4v) is 0. The van der Waals surface area contributed by atoms with Gasteiger partial charge in [0.2, 0.25) is 0 Å². The molecule has 17 heavy (non-hydrogen) atoms. The molecule has 0 bridgehead atoms. The number of hydrogen-bond donors (Lipinski definition) is 2. The van der Waals surface area contributed by atoms with Crippen LogP contribution in [-0.2, 0) is 34.8 Å². The van der Waals surface area contributed by atoms with Crippen LogP contribution in [0.2, 0.25) is 0 Å². The smallest absolute Gasteiger partial charge is 0.545 e. The second-order valence-corrected chi connectivity index (χ2v) is 1.61. The zero-order chi connectivity index (χ0) is 12.9. The van der Waals surface area contributed by atoms with Gasteiger partial charge in [-0.2, -0.15) is 0 Å². The Labute approximate surface area is 135 Å². The number of aliphatic carboxylic acids is 3. The summed E-state index contributed by atoms with van der Waals surface area (Å²) in [6.45, 7) is 8.82. The average Bonchev–Trinajstić information content (AvgIpc) is 2.19. The van der Waals surface area contributed by atoms with Crippen LogP contribution in [-0.4, -0.2) is 28.1 Å². The molecule has 2 N–H and O–H groups in total. The van der Waals surface area contributed by atoms with Crippen molar-refractivity contribution >= 4 is 17.9 Å². The van der Waals surface area contributed by atoms with Crippen molar-refractivity contribution in [3.8, 4) is 0 Å². The molecule has 0 atom stereocenters. The maximum absolute atomic E-state index is 9.25. The predicted octanol–water partition coefficient (Wildman–Crippen LogP) is -3.56. The minimum Gasteiger partial charge on any atom is -0.545 e. The molecule has 0 aliphatic rings. The molecular weight excluding hydrogens is 334 g/mol. The molecule has 6 nitrogen and oxygen atoms in total. The molecule has 8 heteroatoms. The summed E-state index contributed by atoms with van der Waals surface area (Å²) in [6, 6.07) is 0. The van der Waals surface area contributed by atoms with Crippen molar-refractivity contribution in [3.63, 3.8) is 0 Å². The Bertz CT molecular complexity index is 221. The molecule has 0 saturated carbocycles. The quantitative estimate of drug-likeness (QED) is 0.404. The minimum absolute atomic E-state index is 0. The topological polar surface area (TPSA) is 115 Å². The van der Waals surface area contributed by atoms with E-state index in [0.29, 0.717) is 0 Å². The second kappa shape index (κ2) is 24.5. The van der Waals surface area contributed by atoms with Crippen molar-refractivity contribution in [1.29, 1.82) is 0 Å². The van der Waals surface area contributed by atoms with Crippen LogP contribution in [0.3, 0.4) is 0 Å². The molecule has 94 valence electrons. The van der Waals surface area contributed by atoms with Crippen molar-refractivity contribution in [2.75, 3.05) is 0 Å². The Morgan fingerprint density at radius 3 is 1.00 bits per heavy atom. The van der Waals surface area contributed by atoms with Gasteiger partial charge >= 0.3 is 41.5 Å². The first-order valence-electron chi connectivity index (χ1n) is 3.35. The summed E-state index contributed by atoms with van der Waals surface area (Å²) < 4.78 is 0. The number of carboxylic acid groups (broad SMARTS) is 3. The number of hydrogen-bond acceptors (Lipinski definition) is 4. The third kappa shape index (κ3) is 96.5. The zero-order valence-electron chi connectivity index (χ0n) is 9.20. The average molecular weight is 345 g/mol. The first-order valence-corrected chi connectivity index (χ1v) is 3.35. The molecule has 0 heterocycles. The monoisotopic (exact) mass is 344 g/mol. The molecule has 0 spiro atoms. The zero-order valence-corrected chi connectivity index (χ0v) is 12.8. The van der Waals surface area contributed by atoms with Crippen LogP contribution in [0.4, 0.5) is 0 Å². The summed E-state index contributed by atoms with van der Waals surface area (Å²) in [7, 11) is 0. The van der Waals surface area contributed by atoms with Crippen molar-refractivity contribution in [1.82, 2.24) is 0 Å². The Morgan fingerprint density at radius 1 is 0.882 bits per heavy atom. The van der Waals surface area contributed by atoms with E-state index < -0.39 is 17.9 Å². The molecule has 0 rings (SSSR count). The molecule has 0 amide bonds. The van der Waals surface area contributed by atoms with Crippen LogP contribution < -0.4 is 34.7 Å². The largest absolute Gasteiger partial charge is 1.00 e. The fraction of sp³-hybridized carbons (Fsp3) is 0. The van der Waals surface area contributed by atoms with E-state index in [1.165, 1.54) is 0 Å². The molecule has 0 aliphatic carbocycles. The van der Waals surface area contributed by atoms with Gasteiger partial charge in [0.05, 0.1) is 5.97 Å². The van der Waals surface area contributed by atoms with Crippen LogP contribution in [0.5, 0.6) is 0 Å². The van der Waals surface area contributed by atoms with Gasteiger partial charge in [-0.25, -0.2) is 9.59 Å². The van der Waals surface area contributed by atoms with E-state index in [4.69, 9.17) is 20.1 Å². The van der Waals surface area contributed by atoms with Gasteiger partial charge in [-0.15, -0.1) is 0 Å². The van der Waals surface area contributed by atoms with Gasteiger partial charge in [0.25, 0.3) is 0 Å². The standard InChI is InChI=1S/3C3H4O2.Na.Pd/c3*1-2-3(4)5;;/h3*2H,1H2,(H,4,5);;/q;;;+1;/p-1. The molecular formula is C9H11NaO6Pd. The Balaban J connectivity index is -0.0000000400. The molecule has 0 unspecified atom stereocenters. The van der Waals surface area contributed by atoms with Crippen molar-refractivity contribution in [3.05, 3.63) is 38.0 Å². The summed E-state index contributed by atoms with van der Waals surface area (Å²) >= 11 is 0. The van der Waals surface area contributed by atoms with E-state index in [1.54, 1.807) is 0 Å². The third-order valence-corrected chi connectivity index (χ3v) is 0.516. The summed E-state index contributed by atoms with van der Waals surface area (Å²) in [5.74, 6) is -3.19. The van der Waals surface area contributed by atoms with Crippen LogP contribution in [0.15, 0.2) is 38.0 Å². The van der Waals surface area contributed by atoms with Gasteiger partial charge in [-0.05, 0) is 6.08 Å². The Kier molecular flexibility index (Phi) is 43.1. The number of carboxylic acids is 3. The van der Waals surface area contributed by atoms with Gasteiger partial charge in [-0.3, -0.25) is 0 Å². The molecule has 0 fully saturated rings. The second-order valence-electron chi connectivity index (χ2n) is 1.61. The van der Waals surface area contributed by atoms with E-state index in [9.17, 15) is 9.59 Å². The van der Waals surface area contributed by atoms with Crippen LogP contribution in [0.25, 0.3) is 0 Å². The maximum Gasteiger partial charge on any atom is 1.00 e.